The number of nitrogens with one attached hydrogen (secondary N) is 1. The predicted molar refractivity (Wildman–Crippen MR) is 82.0 cm³/mol. The summed E-state index contributed by atoms with van der Waals surface area (Å²) in [5.41, 5.74) is -1.13. The second-order valence-electron chi connectivity index (χ2n) is 5.71. The summed E-state index contributed by atoms with van der Waals surface area (Å²) in [5.74, 6) is 0.632. The molecule has 0 aromatic carbocycles. The van der Waals surface area contributed by atoms with Gasteiger partial charge in [0.05, 0.1) is 6.04 Å². The van der Waals surface area contributed by atoms with Gasteiger partial charge >= 0.3 is 6.18 Å². The second kappa shape index (κ2) is 6.39. The van der Waals surface area contributed by atoms with Crippen molar-refractivity contribution in [2.45, 2.75) is 17.1 Å². The predicted octanol–water partition coefficient (Wildman–Crippen LogP) is 1.50. The van der Waals surface area contributed by atoms with Crippen LogP contribution in [-0.2, 0) is 16.2 Å². The molecule has 0 spiro atoms. The second-order valence-corrected chi connectivity index (χ2v) is 7.65. The molecule has 0 bridgehead atoms. The summed E-state index contributed by atoms with van der Waals surface area (Å²) in [6, 6.07) is 1.35. The van der Waals surface area contributed by atoms with Crippen LogP contribution in [0.3, 0.4) is 0 Å². The van der Waals surface area contributed by atoms with Crippen molar-refractivity contribution in [2.75, 3.05) is 26.7 Å². The van der Waals surface area contributed by atoms with Crippen LogP contribution >= 0.6 is 0 Å². The van der Waals surface area contributed by atoms with Gasteiger partial charge in [0.1, 0.15) is 16.4 Å². The van der Waals surface area contributed by atoms with Gasteiger partial charge in [0.15, 0.2) is 0 Å². The Balaban J connectivity index is 1.84. The Labute approximate surface area is 142 Å². The standard InChI is InChI=1S/C14H16F3N5O2S/c1-21-6-7-22(9-11(21)13-18-4-5-19-13)25(23,24)10-2-3-12(20-8-10)14(15,16)17/h2-5,8,11H,6-7,9H2,1H3,(H,18,19)/t11-/m1/s1. The summed E-state index contributed by atoms with van der Waals surface area (Å²) in [6.45, 7) is 0.850. The minimum absolute atomic E-state index is 0.146. The van der Waals surface area contributed by atoms with E-state index < -0.39 is 21.9 Å². The number of pyridine rings is 1. The van der Waals surface area contributed by atoms with E-state index in [-0.39, 0.29) is 24.0 Å². The van der Waals surface area contributed by atoms with Gasteiger partial charge in [-0.2, -0.15) is 17.5 Å². The Morgan fingerprint density at radius 2 is 2.00 bits per heavy atom. The van der Waals surface area contributed by atoms with Gasteiger partial charge in [-0.15, -0.1) is 0 Å². The molecule has 1 aliphatic heterocycles. The van der Waals surface area contributed by atoms with E-state index >= 15 is 0 Å². The van der Waals surface area contributed by atoms with Crippen molar-refractivity contribution >= 4 is 10.0 Å². The fraction of sp³-hybridized carbons (Fsp3) is 0.429. The molecule has 3 heterocycles. The van der Waals surface area contributed by atoms with E-state index in [1.807, 2.05) is 11.9 Å². The topological polar surface area (TPSA) is 82.2 Å². The Kier molecular flexibility index (Phi) is 4.56. The highest BCUT2D eigenvalue weighted by Gasteiger charge is 2.36. The molecule has 11 heteroatoms. The molecule has 0 amide bonds. The van der Waals surface area contributed by atoms with Crippen LogP contribution in [0.2, 0.25) is 0 Å². The number of halogens is 3. The molecule has 3 rings (SSSR count). The number of hydrogen-bond donors (Lipinski definition) is 1. The van der Waals surface area contributed by atoms with Gasteiger partial charge in [0.25, 0.3) is 0 Å². The monoisotopic (exact) mass is 375 g/mol. The molecule has 1 aliphatic rings. The maximum Gasteiger partial charge on any atom is 0.433 e. The summed E-state index contributed by atoms with van der Waals surface area (Å²) >= 11 is 0. The van der Waals surface area contributed by atoms with Crippen molar-refractivity contribution in [2.24, 2.45) is 0 Å². The van der Waals surface area contributed by atoms with E-state index in [1.165, 1.54) is 4.31 Å². The molecule has 2 aromatic rings. The number of imidazole rings is 1. The first-order valence-electron chi connectivity index (χ1n) is 7.42. The molecule has 0 unspecified atom stereocenters. The average molecular weight is 375 g/mol. The van der Waals surface area contributed by atoms with Crippen LogP contribution in [0.4, 0.5) is 13.2 Å². The third kappa shape index (κ3) is 3.53. The first-order valence-corrected chi connectivity index (χ1v) is 8.86. The zero-order valence-corrected chi connectivity index (χ0v) is 14.0. The van der Waals surface area contributed by atoms with Gasteiger partial charge in [-0.25, -0.2) is 13.4 Å². The number of hydrogen-bond acceptors (Lipinski definition) is 5. The van der Waals surface area contributed by atoms with Crippen molar-refractivity contribution < 1.29 is 21.6 Å². The smallest absolute Gasteiger partial charge is 0.347 e. The zero-order valence-electron chi connectivity index (χ0n) is 13.2. The SMILES string of the molecule is CN1CCN(S(=O)(=O)c2ccc(C(F)(F)F)nc2)C[C@@H]1c1ncc[nH]1. The molecular weight excluding hydrogens is 359 g/mol. The number of H-pyrrole nitrogens is 1. The van der Waals surface area contributed by atoms with Crippen LogP contribution in [0.1, 0.15) is 17.6 Å². The molecule has 25 heavy (non-hydrogen) atoms. The van der Waals surface area contributed by atoms with Gasteiger partial charge in [0, 0.05) is 38.2 Å². The van der Waals surface area contributed by atoms with Crippen LogP contribution in [0, 0.1) is 0 Å². The molecule has 136 valence electrons. The first kappa shape index (κ1) is 17.8. The van der Waals surface area contributed by atoms with E-state index in [4.69, 9.17) is 0 Å². The number of aromatic nitrogens is 3. The lowest BCUT2D eigenvalue weighted by atomic mass is 10.2. The maximum atomic E-state index is 12.7. The third-order valence-electron chi connectivity index (χ3n) is 4.11. The molecule has 1 fully saturated rings. The summed E-state index contributed by atoms with van der Waals surface area (Å²) in [5, 5.41) is 0. The lowest BCUT2D eigenvalue weighted by molar-refractivity contribution is -0.141. The fourth-order valence-electron chi connectivity index (χ4n) is 2.67. The number of likely N-dealkylation sites (N-methyl/N-ethyl adjacent to an activating group) is 1. The minimum Gasteiger partial charge on any atom is -0.347 e. The van der Waals surface area contributed by atoms with Crippen molar-refractivity contribution in [3.63, 3.8) is 0 Å². The molecule has 1 atom stereocenters. The van der Waals surface area contributed by atoms with Gasteiger partial charge in [-0.1, -0.05) is 0 Å². The van der Waals surface area contributed by atoms with Crippen molar-refractivity contribution in [1.29, 1.82) is 0 Å². The lowest BCUT2D eigenvalue weighted by Gasteiger charge is -2.37. The maximum absolute atomic E-state index is 12.7. The number of alkyl halides is 3. The van der Waals surface area contributed by atoms with Gasteiger partial charge in [-0.3, -0.25) is 9.88 Å². The van der Waals surface area contributed by atoms with Gasteiger partial charge < -0.3 is 4.98 Å². The van der Waals surface area contributed by atoms with Crippen molar-refractivity contribution in [3.8, 4) is 0 Å². The highest BCUT2D eigenvalue weighted by atomic mass is 32.2. The van der Waals surface area contributed by atoms with Gasteiger partial charge in [0.2, 0.25) is 10.0 Å². The Bertz CT molecular complexity index is 821. The molecule has 0 aliphatic carbocycles. The summed E-state index contributed by atoms with van der Waals surface area (Å²) in [4.78, 5) is 12.1. The van der Waals surface area contributed by atoms with E-state index in [0.29, 0.717) is 18.4 Å². The summed E-state index contributed by atoms with van der Waals surface area (Å²) in [7, 11) is -2.08. The van der Waals surface area contributed by atoms with Crippen LogP contribution in [0.25, 0.3) is 0 Å². The highest BCUT2D eigenvalue weighted by molar-refractivity contribution is 7.89. The third-order valence-corrected chi connectivity index (χ3v) is 5.96. The number of piperazine rings is 1. The molecular formula is C14H16F3N5O2S. The quantitative estimate of drug-likeness (QED) is 0.879. The zero-order chi connectivity index (χ0) is 18.2. The molecule has 2 aromatic heterocycles. The number of nitrogens with zero attached hydrogens (tertiary/aromatic N) is 4. The largest absolute Gasteiger partial charge is 0.433 e. The molecule has 0 saturated carbocycles. The minimum atomic E-state index is -4.61. The Hall–Kier alpha value is -1.98. The van der Waals surface area contributed by atoms with Crippen LogP contribution < -0.4 is 0 Å². The van der Waals surface area contributed by atoms with Crippen molar-refractivity contribution in [1.82, 2.24) is 24.2 Å². The summed E-state index contributed by atoms with van der Waals surface area (Å²) in [6.07, 6.45) is -0.633. The molecule has 1 N–H and O–H groups in total. The molecule has 7 nitrogen and oxygen atoms in total. The summed E-state index contributed by atoms with van der Waals surface area (Å²) < 4.78 is 64.4. The van der Waals surface area contributed by atoms with E-state index in [2.05, 4.69) is 15.0 Å². The number of sulfonamides is 1. The lowest BCUT2D eigenvalue weighted by Crippen LogP contribution is -2.49. The molecule has 0 radical (unpaired) electrons. The van der Waals surface area contributed by atoms with Crippen LogP contribution in [0.15, 0.2) is 35.6 Å². The Morgan fingerprint density at radius 1 is 1.24 bits per heavy atom. The molecule has 1 saturated heterocycles. The Morgan fingerprint density at radius 3 is 2.56 bits per heavy atom. The fourth-order valence-corrected chi connectivity index (χ4v) is 4.06. The van der Waals surface area contributed by atoms with E-state index in [0.717, 1.165) is 12.3 Å². The average Bonchev–Trinajstić information content (AvgIpc) is 3.08. The van der Waals surface area contributed by atoms with E-state index in [1.54, 1.807) is 12.4 Å². The van der Waals surface area contributed by atoms with Crippen molar-refractivity contribution in [3.05, 3.63) is 42.2 Å². The number of rotatable bonds is 3. The van der Waals surface area contributed by atoms with Crippen LogP contribution in [0.5, 0.6) is 0 Å². The van der Waals surface area contributed by atoms with Crippen LogP contribution in [-0.4, -0.2) is 59.3 Å². The highest BCUT2D eigenvalue weighted by Crippen LogP contribution is 2.29. The normalized spacial score (nSPS) is 20.7. The van der Waals surface area contributed by atoms with Gasteiger partial charge in [-0.05, 0) is 19.2 Å². The first-order chi connectivity index (χ1) is 11.7. The van der Waals surface area contributed by atoms with E-state index in [9.17, 15) is 21.6 Å². The number of aromatic amines is 1.